The highest BCUT2D eigenvalue weighted by Gasteiger charge is 2.15. The summed E-state index contributed by atoms with van der Waals surface area (Å²) in [4.78, 5) is 12.2. The second-order valence-electron chi connectivity index (χ2n) is 5.36. The van der Waals surface area contributed by atoms with Gasteiger partial charge in [-0.25, -0.2) is 4.79 Å². The molecule has 134 valence electrons. The molecule has 0 atom stereocenters. The minimum Gasteiger partial charge on any atom is -0.497 e. The topological polar surface area (TPSA) is 103 Å². The van der Waals surface area contributed by atoms with Crippen molar-refractivity contribution in [1.29, 1.82) is 5.26 Å². The van der Waals surface area contributed by atoms with Crippen molar-refractivity contribution in [3.63, 3.8) is 0 Å². The lowest BCUT2D eigenvalue weighted by Gasteiger charge is -2.05. The van der Waals surface area contributed by atoms with Gasteiger partial charge in [-0.2, -0.15) is 9.94 Å². The highest BCUT2D eigenvalue weighted by molar-refractivity contribution is 5.97. The number of hydrogen-bond donors (Lipinski definition) is 0. The quantitative estimate of drug-likeness (QED) is 0.377. The predicted octanol–water partition coefficient (Wildman–Crippen LogP) is 2.32. The first kappa shape index (κ1) is 17.8. The molecule has 0 fully saturated rings. The smallest absolute Gasteiger partial charge is 0.349 e. The van der Waals surface area contributed by atoms with Crippen LogP contribution in [0, 0.1) is 11.3 Å². The molecule has 0 amide bonds. The zero-order valence-electron chi connectivity index (χ0n) is 14.4. The van der Waals surface area contributed by atoms with E-state index in [1.807, 2.05) is 36.4 Å². The van der Waals surface area contributed by atoms with Gasteiger partial charge in [0.15, 0.2) is 12.4 Å². The molecule has 27 heavy (non-hydrogen) atoms. The van der Waals surface area contributed by atoms with Crippen LogP contribution in [0.5, 0.6) is 5.75 Å². The molecule has 0 spiro atoms. The first-order valence-corrected chi connectivity index (χ1v) is 7.97. The summed E-state index contributed by atoms with van der Waals surface area (Å²) in [6.45, 7) is -0.164. The van der Waals surface area contributed by atoms with Crippen LogP contribution < -0.4 is 4.74 Å². The molecule has 0 radical (unpaired) electrons. The zero-order valence-corrected chi connectivity index (χ0v) is 14.4. The number of hydrogen-bond acceptors (Lipinski definition) is 7. The van der Waals surface area contributed by atoms with Gasteiger partial charge in [0.05, 0.1) is 12.8 Å². The molecule has 0 aliphatic carbocycles. The Kier molecular flexibility index (Phi) is 5.54. The number of carbonyl (C=O) groups is 1. The number of ether oxygens (including phenoxy) is 2. The number of carbonyl (C=O) groups excluding carboxylic acids is 1. The molecule has 0 bridgehead atoms. The average molecular weight is 361 g/mol. The van der Waals surface area contributed by atoms with Gasteiger partial charge in [0.2, 0.25) is 0 Å². The number of aromatic nitrogens is 4. The zero-order chi connectivity index (χ0) is 19.1. The average Bonchev–Trinajstić information content (AvgIpc) is 3.20. The van der Waals surface area contributed by atoms with E-state index in [9.17, 15) is 10.1 Å². The van der Waals surface area contributed by atoms with E-state index in [0.717, 1.165) is 5.69 Å². The first-order chi connectivity index (χ1) is 13.2. The normalized spacial score (nSPS) is 10.9. The summed E-state index contributed by atoms with van der Waals surface area (Å²) < 4.78 is 11.7. The van der Waals surface area contributed by atoms with Crippen LogP contribution in [-0.2, 0) is 16.1 Å². The number of benzene rings is 2. The van der Waals surface area contributed by atoms with E-state index in [4.69, 9.17) is 9.47 Å². The Morgan fingerprint density at radius 1 is 1.19 bits per heavy atom. The molecule has 0 N–H and O–H groups in total. The Morgan fingerprint density at radius 2 is 1.93 bits per heavy atom. The Balaban J connectivity index is 1.70. The Bertz CT molecular complexity index is 988. The fourth-order valence-corrected chi connectivity index (χ4v) is 2.28. The lowest BCUT2D eigenvalue weighted by molar-refractivity contribution is -0.140. The van der Waals surface area contributed by atoms with Gasteiger partial charge in [0.1, 0.15) is 17.4 Å². The third kappa shape index (κ3) is 4.35. The van der Waals surface area contributed by atoms with Crippen LogP contribution in [0.2, 0.25) is 0 Å². The van der Waals surface area contributed by atoms with E-state index in [0.29, 0.717) is 17.1 Å². The van der Waals surface area contributed by atoms with Gasteiger partial charge in [0.25, 0.3) is 0 Å². The van der Waals surface area contributed by atoms with Crippen molar-refractivity contribution in [2.75, 3.05) is 7.11 Å². The Hall–Kier alpha value is -3.99. The van der Waals surface area contributed by atoms with Crippen LogP contribution in [0.3, 0.4) is 0 Å². The molecular weight excluding hydrogens is 346 g/mol. The molecule has 3 rings (SSSR count). The van der Waals surface area contributed by atoms with E-state index in [-0.39, 0.29) is 12.2 Å². The number of nitrogens with zero attached hydrogens (tertiary/aromatic N) is 5. The van der Waals surface area contributed by atoms with Crippen LogP contribution in [0.25, 0.3) is 11.8 Å². The Morgan fingerprint density at radius 3 is 2.59 bits per heavy atom. The van der Waals surface area contributed by atoms with E-state index in [2.05, 4.69) is 15.5 Å². The lowest BCUT2D eigenvalue weighted by atomic mass is 10.1. The monoisotopic (exact) mass is 361 g/mol. The van der Waals surface area contributed by atoms with E-state index >= 15 is 0 Å². The molecule has 0 saturated carbocycles. The second kappa shape index (κ2) is 8.40. The molecule has 8 heteroatoms. The molecule has 8 nitrogen and oxygen atoms in total. The number of esters is 1. The third-order valence-electron chi connectivity index (χ3n) is 3.63. The molecule has 2 aromatic carbocycles. The van der Waals surface area contributed by atoms with E-state index in [1.165, 1.54) is 10.8 Å². The highest BCUT2D eigenvalue weighted by Crippen LogP contribution is 2.15. The van der Waals surface area contributed by atoms with Crippen molar-refractivity contribution in [2.24, 2.45) is 0 Å². The number of nitriles is 1. The molecule has 0 saturated heterocycles. The minimum atomic E-state index is -0.754. The van der Waals surface area contributed by atoms with Crippen molar-refractivity contribution in [3.05, 3.63) is 71.6 Å². The predicted molar refractivity (Wildman–Crippen MR) is 95.5 cm³/mol. The SMILES string of the molecule is COc1ccc(/C=C(\C#N)C(=O)OCc2nnnn2-c2ccccc2)cc1. The molecule has 0 aliphatic rings. The summed E-state index contributed by atoms with van der Waals surface area (Å²) in [6, 6.07) is 18.0. The molecule has 0 aliphatic heterocycles. The van der Waals surface area contributed by atoms with Gasteiger partial charge in [-0.3, -0.25) is 0 Å². The van der Waals surface area contributed by atoms with Gasteiger partial charge in [-0.05, 0) is 46.3 Å². The van der Waals surface area contributed by atoms with Crippen LogP contribution in [0.1, 0.15) is 11.4 Å². The summed E-state index contributed by atoms with van der Waals surface area (Å²) in [5.74, 6) is 0.271. The summed E-state index contributed by atoms with van der Waals surface area (Å²) in [5, 5.41) is 20.6. The highest BCUT2D eigenvalue weighted by atomic mass is 16.5. The maximum atomic E-state index is 12.2. The van der Waals surface area contributed by atoms with Crippen LogP contribution in [0.4, 0.5) is 0 Å². The van der Waals surface area contributed by atoms with Crippen LogP contribution >= 0.6 is 0 Å². The lowest BCUT2D eigenvalue weighted by Crippen LogP contribution is -2.11. The third-order valence-corrected chi connectivity index (χ3v) is 3.63. The molecule has 1 aromatic heterocycles. The fraction of sp³-hybridized carbons (Fsp3) is 0.105. The van der Waals surface area contributed by atoms with Crippen LogP contribution in [-0.4, -0.2) is 33.3 Å². The van der Waals surface area contributed by atoms with Gasteiger partial charge >= 0.3 is 5.97 Å². The van der Waals surface area contributed by atoms with Crippen LogP contribution in [0.15, 0.2) is 60.2 Å². The summed E-state index contributed by atoms with van der Waals surface area (Å²) in [5.41, 5.74) is 1.29. The first-order valence-electron chi connectivity index (χ1n) is 7.97. The van der Waals surface area contributed by atoms with E-state index < -0.39 is 5.97 Å². The molecule has 1 heterocycles. The maximum Gasteiger partial charge on any atom is 0.349 e. The van der Waals surface area contributed by atoms with Gasteiger partial charge in [-0.15, -0.1) is 5.10 Å². The summed E-state index contributed by atoms with van der Waals surface area (Å²) in [7, 11) is 1.56. The number of rotatable bonds is 6. The largest absolute Gasteiger partial charge is 0.497 e. The molecule has 0 unspecified atom stereocenters. The van der Waals surface area contributed by atoms with Crippen molar-refractivity contribution in [2.45, 2.75) is 6.61 Å². The van der Waals surface area contributed by atoms with Crippen molar-refractivity contribution < 1.29 is 14.3 Å². The van der Waals surface area contributed by atoms with Gasteiger partial charge in [-0.1, -0.05) is 30.3 Å². The van der Waals surface area contributed by atoms with Crippen molar-refractivity contribution in [3.8, 4) is 17.5 Å². The maximum absolute atomic E-state index is 12.2. The number of methoxy groups -OCH3 is 1. The van der Waals surface area contributed by atoms with Crippen molar-refractivity contribution in [1.82, 2.24) is 20.2 Å². The van der Waals surface area contributed by atoms with Crippen molar-refractivity contribution >= 4 is 12.0 Å². The van der Waals surface area contributed by atoms with E-state index in [1.54, 1.807) is 31.4 Å². The number of para-hydroxylation sites is 1. The van der Waals surface area contributed by atoms with Gasteiger partial charge in [0, 0.05) is 0 Å². The molecule has 3 aromatic rings. The number of tetrazole rings is 1. The van der Waals surface area contributed by atoms with Gasteiger partial charge < -0.3 is 9.47 Å². The summed E-state index contributed by atoms with van der Waals surface area (Å²) in [6.07, 6.45) is 1.45. The molecular formula is C19H15N5O3. The summed E-state index contributed by atoms with van der Waals surface area (Å²) >= 11 is 0. The Labute approximate surface area is 155 Å². The fourth-order valence-electron chi connectivity index (χ4n) is 2.28. The standard InChI is InChI=1S/C19H15N5O3/c1-26-17-9-7-14(8-10-17)11-15(12-20)19(25)27-13-18-21-22-23-24(18)16-5-3-2-4-6-16/h2-11H,13H2,1H3/b15-11+. The second-order valence-corrected chi connectivity index (χ2v) is 5.36. The minimum absolute atomic E-state index is 0.126.